The molecule has 1 N–H and O–H groups in total. The van der Waals surface area contributed by atoms with Crippen LogP contribution in [0.3, 0.4) is 0 Å². The number of nitrogens with one attached hydrogen (secondary N) is 1. The molecule has 0 saturated heterocycles. The lowest BCUT2D eigenvalue weighted by Gasteiger charge is -2.20. The Morgan fingerprint density at radius 2 is 1.85 bits per heavy atom. The van der Waals surface area contributed by atoms with Crippen LogP contribution in [0.15, 0.2) is 36.4 Å². The van der Waals surface area contributed by atoms with Crippen molar-refractivity contribution in [3.05, 3.63) is 47.6 Å². The first kappa shape index (κ1) is 24.3. The minimum atomic E-state index is 0.855. The number of allylic oxidation sites excluding steroid dienone is 2. The number of ether oxygens (including phenoxy) is 2. The van der Waals surface area contributed by atoms with Gasteiger partial charge in [0.15, 0.2) is 11.5 Å². The standard InChI is InChI=1S/C12H16O2.C9H17N.C2H6/c1-13-11-8-7-9-5-3-4-6-10(9)12(11)14-2;1-4-6-9(3)8-10-7-5-2;1-2/h7-8H,3-6H2,1-2H3;4,6,10H,1,5,7-8H2,2-3H3;1-2H3/b;9-6+;. The molecule has 0 saturated carbocycles. The Balaban J connectivity index is 0.000000464. The highest BCUT2D eigenvalue weighted by molar-refractivity contribution is 5.51. The number of rotatable bonds is 7. The van der Waals surface area contributed by atoms with Crippen molar-refractivity contribution in [1.29, 1.82) is 0 Å². The summed E-state index contributed by atoms with van der Waals surface area (Å²) >= 11 is 0. The van der Waals surface area contributed by atoms with Gasteiger partial charge in [-0.3, -0.25) is 0 Å². The Bertz CT molecular complexity index is 520. The van der Waals surface area contributed by atoms with Gasteiger partial charge in [0.1, 0.15) is 0 Å². The second kappa shape index (κ2) is 15.5. The Morgan fingerprint density at radius 3 is 2.42 bits per heavy atom. The largest absolute Gasteiger partial charge is 0.493 e. The number of hydrogen-bond donors (Lipinski definition) is 1. The summed E-state index contributed by atoms with van der Waals surface area (Å²) in [5.74, 6) is 1.79. The van der Waals surface area contributed by atoms with Crippen LogP contribution in [-0.4, -0.2) is 27.3 Å². The van der Waals surface area contributed by atoms with E-state index >= 15 is 0 Å². The first-order valence-electron chi connectivity index (χ1n) is 9.89. The molecule has 1 aromatic rings. The number of benzene rings is 1. The molecule has 3 nitrogen and oxygen atoms in total. The van der Waals surface area contributed by atoms with Crippen molar-refractivity contribution in [2.75, 3.05) is 27.3 Å². The van der Waals surface area contributed by atoms with Gasteiger partial charge in [0, 0.05) is 12.1 Å². The number of methoxy groups -OCH3 is 2. The molecule has 1 aliphatic carbocycles. The molecule has 1 aliphatic rings. The fraction of sp³-hybridized carbons (Fsp3) is 0.565. The summed E-state index contributed by atoms with van der Waals surface area (Å²) in [5, 5.41) is 3.30. The minimum absolute atomic E-state index is 0.855. The van der Waals surface area contributed by atoms with Gasteiger partial charge < -0.3 is 14.8 Å². The first-order chi connectivity index (χ1) is 12.7. The SMILES string of the molecule is C=C/C=C(\C)CNCCC.CC.COc1ccc2c(c1OC)CCCC2. The fourth-order valence-electron chi connectivity index (χ4n) is 2.88. The average Bonchev–Trinajstić information content (AvgIpc) is 2.69. The van der Waals surface area contributed by atoms with E-state index in [9.17, 15) is 0 Å². The molecule has 0 unspecified atom stereocenters. The summed E-state index contributed by atoms with van der Waals surface area (Å²) in [4.78, 5) is 0. The predicted molar refractivity (Wildman–Crippen MR) is 115 cm³/mol. The van der Waals surface area contributed by atoms with Crippen molar-refractivity contribution in [3.63, 3.8) is 0 Å². The van der Waals surface area contributed by atoms with E-state index in [1.807, 2.05) is 32.1 Å². The van der Waals surface area contributed by atoms with Crippen molar-refractivity contribution < 1.29 is 9.47 Å². The lowest BCUT2D eigenvalue weighted by atomic mass is 9.91. The van der Waals surface area contributed by atoms with Crippen LogP contribution in [0.1, 0.15) is 58.1 Å². The summed E-state index contributed by atoms with van der Waals surface area (Å²) in [6.45, 7) is 14.0. The van der Waals surface area contributed by atoms with Gasteiger partial charge in [-0.25, -0.2) is 0 Å². The summed E-state index contributed by atoms with van der Waals surface area (Å²) in [6.07, 6.45) is 9.90. The highest BCUT2D eigenvalue weighted by Crippen LogP contribution is 2.37. The van der Waals surface area contributed by atoms with Crippen LogP contribution in [0.25, 0.3) is 0 Å². The van der Waals surface area contributed by atoms with Crippen LogP contribution in [0, 0.1) is 0 Å². The van der Waals surface area contributed by atoms with Gasteiger partial charge in [-0.1, -0.05) is 51.1 Å². The first-order valence-corrected chi connectivity index (χ1v) is 9.89. The molecule has 0 heterocycles. The number of fused-ring (bicyclic) bond motifs is 1. The second-order valence-corrected chi connectivity index (χ2v) is 6.07. The molecule has 0 aliphatic heterocycles. The molecule has 26 heavy (non-hydrogen) atoms. The molecule has 0 atom stereocenters. The van der Waals surface area contributed by atoms with Gasteiger partial charge in [0.2, 0.25) is 0 Å². The van der Waals surface area contributed by atoms with Crippen LogP contribution < -0.4 is 14.8 Å². The highest BCUT2D eigenvalue weighted by Gasteiger charge is 2.17. The number of aryl methyl sites for hydroxylation is 1. The molecule has 0 spiro atoms. The van der Waals surface area contributed by atoms with Gasteiger partial charge in [0.05, 0.1) is 14.2 Å². The van der Waals surface area contributed by atoms with Crippen LogP contribution in [-0.2, 0) is 12.8 Å². The van der Waals surface area contributed by atoms with Crippen molar-refractivity contribution in [2.45, 2.75) is 59.8 Å². The summed E-state index contributed by atoms with van der Waals surface area (Å²) in [6, 6.07) is 4.17. The topological polar surface area (TPSA) is 30.5 Å². The Hall–Kier alpha value is -1.74. The predicted octanol–water partition coefficient (Wildman–Crippen LogP) is 5.73. The van der Waals surface area contributed by atoms with E-state index in [2.05, 4.69) is 31.8 Å². The smallest absolute Gasteiger partial charge is 0.164 e. The van der Waals surface area contributed by atoms with Gasteiger partial charge in [-0.15, -0.1) is 0 Å². The molecule has 2 rings (SSSR count). The number of hydrogen-bond acceptors (Lipinski definition) is 3. The molecule has 1 aromatic carbocycles. The molecule has 0 fully saturated rings. The maximum absolute atomic E-state index is 5.41. The lowest BCUT2D eigenvalue weighted by Crippen LogP contribution is -2.16. The average molecular weight is 362 g/mol. The second-order valence-electron chi connectivity index (χ2n) is 6.07. The van der Waals surface area contributed by atoms with Crippen LogP contribution in [0.2, 0.25) is 0 Å². The highest BCUT2D eigenvalue weighted by atomic mass is 16.5. The maximum Gasteiger partial charge on any atom is 0.164 e. The Labute approximate surface area is 161 Å². The maximum atomic E-state index is 5.41. The molecule has 0 radical (unpaired) electrons. The Morgan fingerprint density at radius 1 is 1.15 bits per heavy atom. The molecule has 0 bridgehead atoms. The summed E-state index contributed by atoms with van der Waals surface area (Å²) in [5.41, 5.74) is 4.11. The zero-order valence-electron chi connectivity index (χ0n) is 17.8. The van der Waals surface area contributed by atoms with Crippen LogP contribution >= 0.6 is 0 Å². The van der Waals surface area contributed by atoms with E-state index in [0.717, 1.165) is 31.0 Å². The zero-order chi connectivity index (χ0) is 19.8. The monoisotopic (exact) mass is 361 g/mol. The van der Waals surface area contributed by atoms with Gasteiger partial charge in [0.25, 0.3) is 0 Å². The molecule has 3 heteroatoms. The van der Waals surface area contributed by atoms with E-state index in [0.29, 0.717) is 0 Å². The van der Waals surface area contributed by atoms with Gasteiger partial charge >= 0.3 is 0 Å². The fourth-order valence-corrected chi connectivity index (χ4v) is 2.88. The van der Waals surface area contributed by atoms with Crippen molar-refractivity contribution in [3.8, 4) is 11.5 Å². The van der Waals surface area contributed by atoms with Gasteiger partial charge in [-0.2, -0.15) is 0 Å². The molecule has 0 amide bonds. The van der Waals surface area contributed by atoms with E-state index in [1.54, 1.807) is 14.2 Å². The summed E-state index contributed by atoms with van der Waals surface area (Å²) in [7, 11) is 3.40. The molecule has 148 valence electrons. The van der Waals surface area contributed by atoms with E-state index in [-0.39, 0.29) is 0 Å². The van der Waals surface area contributed by atoms with Gasteiger partial charge in [-0.05, 0) is 57.2 Å². The molecular weight excluding hydrogens is 322 g/mol. The van der Waals surface area contributed by atoms with Crippen LogP contribution in [0.4, 0.5) is 0 Å². The van der Waals surface area contributed by atoms with E-state index < -0.39 is 0 Å². The lowest BCUT2D eigenvalue weighted by molar-refractivity contribution is 0.349. The van der Waals surface area contributed by atoms with E-state index in [1.165, 1.54) is 42.4 Å². The van der Waals surface area contributed by atoms with E-state index in [4.69, 9.17) is 9.47 Å². The van der Waals surface area contributed by atoms with Crippen molar-refractivity contribution >= 4 is 0 Å². The van der Waals surface area contributed by atoms with Crippen molar-refractivity contribution in [2.24, 2.45) is 0 Å². The summed E-state index contributed by atoms with van der Waals surface area (Å²) < 4.78 is 10.7. The third kappa shape index (κ3) is 8.57. The quantitative estimate of drug-likeness (QED) is 0.497. The zero-order valence-corrected chi connectivity index (χ0v) is 17.8. The van der Waals surface area contributed by atoms with Crippen molar-refractivity contribution in [1.82, 2.24) is 5.32 Å². The third-order valence-electron chi connectivity index (χ3n) is 4.10. The third-order valence-corrected chi connectivity index (χ3v) is 4.10. The van der Waals surface area contributed by atoms with Crippen LogP contribution in [0.5, 0.6) is 11.5 Å². The minimum Gasteiger partial charge on any atom is -0.493 e. The molecular formula is C23H39NO2. The normalized spacial score (nSPS) is 12.6. The molecule has 0 aromatic heterocycles. The Kier molecular flexibility index (Phi) is 14.5.